The van der Waals surface area contributed by atoms with Gasteiger partial charge in [0.05, 0.1) is 25.0 Å². The molecule has 0 saturated carbocycles. The Morgan fingerprint density at radius 1 is 1.12 bits per heavy atom. The lowest BCUT2D eigenvalue weighted by Crippen LogP contribution is -2.24. The van der Waals surface area contributed by atoms with Crippen molar-refractivity contribution >= 4 is 22.7 Å². The summed E-state index contributed by atoms with van der Waals surface area (Å²) in [5.41, 5.74) is -2.87. The maximum atomic E-state index is 13.1. The molecule has 0 aliphatic carbocycles. The molecule has 6 nitrogen and oxygen atoms in total. The van der Waals surface area contributed by atoms with Crippen molar-refractivity contribution in [3.63, 3.8) is 0 Å². The Morgan fingerprint density at radius 3 is 2.50 bits per heavy atom. The first-order chi connectivity index (χ1) is 15.2. The molecule has 2 aromatic heterocycles. The van der Waals surface area contributed by atoms with Crippen LogP contribution in [0.5, 0.6) is 11.6 Å². The van der Waals surface area contributed by atoms with E-state index >= 15 is 0 Å². The highest BCUT2D eigenvalue weighted by molar-refractivity contribution is 8.00. The Balaban J connectivity index is 1.74. The average Bonchev–Trinajstić information content (AvgIpc) is 2.96. The van der Waals surface area contributed by atoms with Crippen LogP contribution in [0.3, 0.4) is 0 Å². The molecule has 10 heteroatoms. The zero-order valence-electron chi connectivity index (χ0n) is 17.1. The monoisotopic (exact) mass is 461 g/mol. The largest absolute Gasteiger partial charge is 0.494 e. The summed E-state index contributed by atoms with van der Waals surface area (Å²) in [6.07, 6.45) is 1.62. The summed E-state index contributed by atoms with van der Waals surface area (Å²) in [5.74, 6) is 0.327. The highest BCUT2D eigenvalue weighted by atomic mass is 32.2. The van der Waals surface area contributed by atoms with E-state index in [1.165, 1.54) is 28.8 Å². The maximum absolute atomic E-state index is 13.1. The van der Waals surface area contributed by atoms with Crippen molar-refractivity contribution in [2.24, 2.45) is 0 Å². The van der Waals surface area contributed by atoms with Crippen molar-refractivity contribution < 1.29 is 23.0 Å². The first kappa shape index (κ1) is 21.8. The molecule has 0 amide bonds. The van der Waals surface area contributed by atoms with Gasteiger partial charge in [0.25, 0.3) is 0 Å². The molecule has 0 atom stereocenters. The highest BCUT2D eigenvalue weighted by Gasteiger charge is 2.29. The SMILES string of the molecule is COc1cccc2c(Cn3c(C)c(O)n(-c4ccc(SC(F)(F)F)cc4)c3=O)ccnc12. The molecule has 2 heterocycles. The molecule has 0 saturated heterocycles. The van der Waals surface area contributed by atoms with Gasteiger partial charge in [-0.2, -0.15) is 13.2 Å². The van der Waals surface area contributed by atoms with Crippen LogP contribution in [0.4, 0.5) is 13.2 Å². The lowest BCUT2D eigenvalue weighted by atomic mass is 10.1. The van der Waals surface area contributed by atoms with Gasteiger partial charge < -0.3 is 9.84 Å². The number of alkyl halides is 3. The van der Waals surface area contributed by atoms with Gasteiger partial charge in [-0.15, -0.1) is 0 Å². The standard InChI is InChI=1S/C22H18F3N3O3S/c1-13-20(29)28(15-6-8-16(9-7-15)32-22(23,24)25)21(30)27(13)12-14-10-11-26-19-17(14)4-3-5-18(19)31-2/h3-11,29H,12H2,1-2H3. The van der Waals surface area contributed by atoms with E-state index in [1.807, 2.05) is 12.1 Å². The molecule has 0 spiro atoms. The molecule has 4 aromatic rings. The first-order valence-electron chi connectivity index (χ1n) is 9.47. The van der Waals surface area contributed by atoms with Crippen molar-refractivity contribution in [3.8, 4) is 17.3 Å². The highest BCUT2D eigenvalue weighted by Crippen LogP contribution is 2.37. The number of hydrogen-bond donors (Lipinski definition) is 1. The van der Waals surface area contributed by atoms with E-state index in [4.69, 9.17) is 4.74 Å². The summed E-state index contributed by atoms with van der Waals surface area (Å²) in [7, 11) is 1.55. The van der Waals surface area contributed by atoms with Gasteiger partial charge in [0.15, 0.2) is 0 Å². The van der Waals surface area contributed by atoms with Crippen LogP contribution in [-0.2, 0) is 6.54 Å². The van der Waals surface area contributed by atoms with E-state index in [2.05, 4.69) is 4.98 Å². The second-order valence-electron chi connectivity index (χ2n) is 6.98. The van der Waals surface area contributed by atoms with Gasteiger partial charge in [-0.1, -0.05) is 12.1 Å². The van der Waals surface area contributed by atoms with E-state index in [9.17, 15) is 23.1 Å². The van der Waals surface area contributed by atoms with Gasteiger partial charge in [-0.3, -0.25) is 9.55 Å². The van der Waals surface area contributed by atoms with Crippen molar-refractivity contribution in [1.29, 1.82) is 0 Å². The molecule has 2 aromatic carbocycles. The molecule has 1 N–H and O–H groups in total. The third-order valence-electron chi connectivity index (χ3n) is 5.06. The Labute approximate surface area is 184 Å². The quantitative estimate of drug-likeness (QED) is 0.430. The molecule has 0 bridgehead atoms. The topological polar surface area (TPSA) is 69.3 Å². The number of hydrogen-bond acceptors (Lipinski definition) is 5. The molecule has 0 unspecified atom stereocenters. The lowest BCUT2D eigenvalue weighted by Gasteiger charge is -2.10. The zero-order chi connectivity index (χ0) is 23.0. The van der Waals surface area contributed by atoms with E-state index in [0.717, 1.165) is 15.5 Å². The number of aromatic nitrogens is 3. The number of para-hydroxylation sites is 1. The van der Waals surface area contributed by atoms with Gasteiger partial charge in [-0.05, 0) is 60.6 Å². The van der Waals surface area contributed by atoms with Crippen LogP contribution >= 0.6 is 11.8 Å². The van der Waals surface area contributed by atoms with Gasteiger partial charge in [0.1, 0.15) is 11.3 Å². The number of pyridine rings is 1. The third kappa shape index (κ3) is 4.05. The Kier molecular flexibility index (Phi) is 5.64. The molecule has 0 aliphatic rings. The second-order valence-corrected chi connectivity index (χ2v) is 8.12. The number of thioether (sulfide) groups is 1. The molecular weight excluding hydrogens is 443 g/mol. The maximum Gasteiger partial charge on any atom is 0.446 e. The number of methoxy groups -OCH3 is 1. The summed E-state index contributed by atoms with van der Waals surface area (Å²) in [6, 6.07) is 12.5. The van der Waals surface area contributed by atoms with Crippen LogP contribution in [0, 0.1) is 6.92 Å². The van der Waals surface area contributed by atoms with Crippen LogP contribution in [-0.4, -0.2) is 31.8 Å². The van der Waals surface area contributed by atoms with E-state index < -0.39 is 11.2 Å². The number of benzene rings is 2. The fourth-order valence-electron chi connectivity index (χ4n) is 3.53. The minimum absolute atomic E-state index is 0.0119. The van der Waals surface area contributed by atoms with E-state index in [-0.39, 0.29) is 34.8 Å². The Morgan fingerprint density at radius 2 is 1.84 bits per heavy atom. The van der Waals surface area contributed by atoms with Crippen LogP contribution in [0.1, 0.15) is 11.3 Å². The van der Waals surface area contributed by atoms with Crippen molar-refractivity contribution in [2.45, 2.75) is 23.9 Å². The van der Waals surface area contributed by atoms with Gasteiger partial charge in [0.2, 0.25) is 5.88 Å². The normalized spacial score (nSPS) is 11.8. The zero-order valence-corrected chi connectivity index (χ0v) is 17.9. The summed E-state index contributed by atoms with van der Waals surface area (Å²) >= 11 is -0.244. The smallest absolute Gasteiger partial charge is 0.446 e. The van der Waals surface area contributed by atoms with Crippen LogP contribution < -0.4 is 10.4 Å². The number of ether oxygens (including phenoxy) is 1. The number of aromatic hydroxyl groups is 1. The van der Waals surface area contributed by atoms with Crippen molar-refractivity contribution in [3.05, 3.63) is 76.5 Å². The fraction of sp³-hybridized carbons (Fsp3) is 0.182. The molecule has 166 valence electrons. The first-order valence-corrected chi connectivity index (χ1v) is 10.3. The lowest BCUT2D eigenvalue weighted by molar-refractivity contribution is -0.0328. The molecule has 4 rings (SSSR count). The predicted octanol–water partition coefficient (Wildman–Crippen LogP) is 4.87. The summed E-state index contributed by atoms with van der Waals surface area (Å²) < 4.78 is 45.5. The third-order valence-corrected chi connectivity index (χ3v) is 5.80. The molecule has 0 aliphatic heterocycles. The van der Waals surface area contributed by atoms with Crippen LogP contribution in [0.2, 0.25) is 0 Å². The van der Waals surface area contributed by atoms with E-state index in [1.54, 1.807) is 32.4 Å². The summed E-state index contributed by atoms with van der Waals surface area (Å²) in [6.45, 7) is 1.77. The van der Waals surface area contributed by atoms with Crippen LogP contribution in [0.15, 0.2) is 64.4 Å². The molecule has 0 radical (unpaired) electrons. The predicted molar refractivity (Wildman–Crippen MR) is 116 cm³/mol. The summed E-state index contributed by atoms with van der Waals surface area (Å²) in [5, 5.41) is 11.4. The summed E-state index contributed by atoms with van der Waals surface area (Å²) in [4.78, 5) is 17.5. The number of halogens is 3. The number of imidazole rings is 1. The average molecular weight is 461 g/mol. The van der Waals surface area contributed by atoms with Gasteiger partial charge >= 0.3 is 11.2 Å². The Hall–Kier alpha value is -3.40. The van der Waals surface area contributed by atoms with Gasteiger partial charge in [0, 0.05) is 16.5 Å². The number of fused-ring (bicyclic) bond motifs is 1. The Bertz CT molecular complexity index is 1350. The minimum Gasteiger partial charge on any atom is -0.494 e. The molecular formula is C22H18F3N3O3S. The van der Waals surface area contributed by atoms with Crippen molar-refractivity contribution in [2.75, 3.05) is 7.11 Å². The molecule has 32 heavy (non-hydrogen) atoms. The van der Waals surface area contributed by atoms with Crippen LogP contribution in [0.25, 0.3) is 16.6 Å². The second kappa shape index (κ2) is 8.27. The minimum atomic E-state index is -4.41. The fourth-order valence-corrected chi connectivity index (χ4v) is 4.07. The molecule has 0 fully saturated rings. The number of rotatable bonds is 5. The number of nitrogens with zero attached hydrogens (tertiary/aromatic N) is 3. The van der Waals surface area contributed by atoms with Crippen molar-refractivity contribution in [1.82, 2.24) is 14.1 Å². The van der Waals surface area contributed by atoms with Gasteiger partial charge in [-0.25, -0.2) is 9.36 Å². The van der Waals surface area contributed by atoms with E-state index in [0.29, 0.717) is 17.0 Å².